The second-order valence-corrected chi connectivity index (χ2v) is 12.5. The molecular formula is C31H53N9O7. The Bertz CT molecular complexity index is 1200. The molecule has 1 unspecified atom stereocenters. The zero-order valence-corrected chi connectivity index (χ0v) is 28.6. The van der Waals surface area contributed by atoms with E-state index >= 15 is 0 Å². The van der Waals surface area contributed by atoms with Gasteiger partial charge in [0.2, 0.25) is 23.6 Å². The molecular weight excluding hydrogens is 610 g/mol. The number of hydrogen-bond donors (Lipinski definition) is 7. The van der Waals surface area contributed by atoms with Crippen LogP contribution in [0, 0.1) is 5.92 Å². The number of nitrogens with one attached hydrogen (secondary N) is 5. The number of ether oxygens (including phenoxy) is 1. The highest BCUT2D eigenvalue weighted by molar-refractivity contribution is 5.98. The lowest BCUT2D eigenvalue weighted by Crippen LogP contribution is -2.55. The van der Waals surface area contributed by atoms with Crippen LogP contribution in [-0.2, 0) is 30.5 Å². The summed E-state index contributed by atoms with van der Waals surface area (Å²) < 4.78 is 5.42. The minimum atomic E-state index is -1.03. The van der Waals surface area contributed by atoms with Gasteiger partial charge in [-0.05, 0) is 64.3 Å². The van der Waals surface area contributed by atoms with Gasteiger partial charge in [-0.2, -0.15) is 0 Å². The molecule has 1 aromatic rings. The normalized spacial score (nSPS) is 12.5. The molecule has 0 saturated heterocycles. The number of carbonyl (C=O) groups excluding carboxylic acids is 6. The number of primary amides is 1. The summed E-state index contributed by atoms with van der Waals surface area (Å²) in [6, 6.07) is 3.94. The van der Waals surface area contributed by atoms with E-state index in [9.17, 15) is 28.8 Å². The number of carbonyl (C=O) groups is 6. The summed E-state index contributed by atoms with van der Waals surface area (Å²) in [5.74, 6) is -2.60. The average molecular weight is 664 g/mol. The van der Waals surface area contributed by atoms with Crippen molar-refractivity contribution in [3.05, 3.63) is 29.8 Å². The van der Waals surface area contributed by atoms with Crippen molar-refractivity contribution in [1.29, 1.82) is 0 Å². The van der Waals surface area contributed by atoms with Crippen LogP contribution in [0.2, 0.25) is 0 Å². The van der Waals surface area contributed by atoms with E-state index < -0.39 is 47.8 Å². The van der Waals surface area contributed by atoms with Crippen molar-refractivity contribution in [2.75, 3.05) is 52.1 Å². The van der Waals surface area contributed by atoms with Crippen molar-refractivity contribution in [2.24, 2.45) is 17.4 Å². The first-order valence-corrected chi connectivity index (χ1v) is 15.5. The minimum Gasteiger partial charge on any atom is -0.445 e. The first-order chi connectivity index (χ1) is 21.9. The molecule has 0 fully saturated rings. The molecule has 264 valence electrons. The smallest absolute Gasteiger partial charge is 0.409 e. The molecule has 1 rings (SSSR count). The summed E-state index contributed by atoms with van der Waals surface area (Å²) in [6.07, 6.45) is 0.0115. The molecule has 0 saturated carbocycles. The van der Waals surface area contributed by atoms with Gasteiger partial charge >= 0.3 is 12.1 Å². The second-order valence-electron chi connectivity index (χ2n) is 12.5. The highest BCUT2D eigenvalue weighted by atomic mass is 16.6. The van der Waals surface area contributed by atoms with Crippen molar-refractivity contribution >= 4 is 41.4 Å². The lowest BCUT2D eigenvalue weighted by atomic mass is 10.0. The van der Waals surface area contributed by atoms with Gasteiger partial charge in [0.25, 0.3) is 0 Å². The molecule has 0 bridgehead atoms. The number of amides is 7. The number of benzene rings is 1. The molecule has 0 heterocycles. The Balaban J connectivity index is 2.85. The van der Waals surface area contributed by atoms with Crippen LogP contribution in [-0.4, -0.2) is 110 Å². The van der Waals surface area contributed by atoms with Gasteiger partial charge < -0.3 is 47.7 Å². The maximum absolute atomic E-state index is 13.3. The molecule has 16 nitrogen and oxygen atoms in total. The number of likely N-dealkylation sites (N-methyl/N-ethyl adjacent to an activating group) is 2. The highest BCUT2D eigenvalue weighted by Crippen LogP contribution is 2.14. The highest BCUT2D eigenvalue weighted by Gasteiger charge is 2.29. The van der Waals surface area contributed by atoms with E-state index in [-0.39, 0.29) is 44.1 Å². The molecule has 9 N–H and O–H groups in total. The van der Waals surface area contributed by atoms with Crippen LogP contribution in [0.4, 0.5) is 15.3 Å². The lowest BCUT2D eigenvalue weighted by molar-refractivity contribution is -0.132. The van der Waals surface area contributed by atoms with Crippen molar-refractivity contribution in [2.45, 2.75) is 71.7 Å². The lowest BCUT2D eigenvalue weighted by Gasteiger charge is -2.33. The number of nitrogens with two attached hydrogens (primary N) is 2. The van der Waals surface area contributed by atoms with Crippen molar-refractivity contribution < 1.29 is 33.5 Å². The average Bonchev–Trinajstić information content (AvgIpc) is 3.00. The number of rotatable bonds is 18. The zero-order valence-electron chi connectivity index (χ0n) is 28.6. The van der Waals surface area contributed by atoms with Crippen LogP contribution in [0.25, 0.3) is 0 Å². The maximum Gasteiger partial charge on any atom is 0.409 e. The fraction of sp³-hybridized carbons (Fsp3) is 0.613. The third kappa shape index (κ3) is 16.1. The van der Waals surface area contributed by atoms with Crippen LogP contribution >= 0.6 is 0 Å². The van der Waals surface area contributed by atoms with Gasteiger partial charge in [0.05, 0.1) is 13.1 Å². The number of urea groups is 1. The zero-order chi connectivity index (χ0) is 35.7. The van der Waals surface area contributed by atoms with E-state index in [4.69, 9.17) is 16.2 Å². The monoisotopic (exact) mass is 663 g/mol. The summed E-state index contributed by atoms with van der Waals surface area (Å²) in [5, 5.41) is 12.8. The molecule has 1 aromatic carbocycles. The fourth-order valence-corrected chi connectivity index (χ4v) is 3.95. The van der Waals surface area contributed by atoms with Crippen LogP contribution in [0.15, 0.2) is 24.3 Å². The molecule has 0 aliphatic carbocycles. The summed E-state index contributed by atoms with van der Waals surface area (Å²) in [6.45, 7) is 10.5. The number of anilines is 1. The summed E-state index contributed by atoms with van der Waals surface area (Å²) in [5.41, 5.74) is 11.5. The quantitative estimate of drug-likeness (QED) is 0.105. The summed E-state index contributed by atoms with van der Waals surface area (Å²) in [4.78, 5) is 77.4. The van der Waals surface area contributed by atoms with Gasteiger partial charge in [-0.15, -0.1) is 0 Å². The van der Waals surface area contributed by atoms with E-state index in [1.165, 1.54) is 4.90 Å². The van der Waals surface area contributed by atoms with Gasteiger partial charge in [-0.1, -0.05) is 26.0 Å². The van der Waals surface area contributed by atoms with Crippen molar-refractivity contribution in [3.63, 3.8) is 0 Å². The van der Waals surface area contributed by atoms with Crippen LogP contribution in [0.3, 0.4) is 0 Å². The SMILES string of the molecule is CC(C)C(NC(=O)CNC(=O)CN)C(=O)N[C@@H](CCCNC(N)=O)C(=O)Nc1ccc(COC(=O)N(C)CCN(C)C(C)(C)C)cc1. The molecule has 0 radical (unpaired) electrons. The molecule has 0 spiro atoms. The Morgan fingerprint density at radius 3 is 2.09 bits per heavy atom. The van der Waals surface area contributed by atoms with Crippen molar-refractivity contribution in [3.8, 4) is 0 Å². The van der Waals surface area contributed by atoms with Crippen molar-refractivity contribution in [1.82, 2.24) is 31.1 Å². The summed E-state index contributed by atoms with van der Waals surface area (Å²) in [7, 11) is 3.67. The Hall–Kier alpha value is -4.44. The molecule has 2 atom stereocenters. The van der Waals surface area contributed by atoms with Gasteiger partial charge in [0.15, 0.2) is 0 Å². The minimum absolute atomic E-state index is 0.0182. The van der Waals surface area contributed by atoms with E-state index in [1.54, 1.807) is 45.2 Å². The molecule has 0 aromatic heterocycles. The van der Waals surface area contributed by atoms with Gasteiger partial charge in [0, 0.05) is 37.9 Å². The van der Waals surface area contributed by atoms with Crippen LogP contribution < -0.4 is 38.1 Å². The molecule has 47 heavy (non-hydrogen) atoms. The maximum atomic E-state index is 13.3. The number of nitrogens with zero attached hydrogens (tertiary/aromatic N) is 2. The van der Waals surface area contributed by atoms with E-state index in [0.29, 0.717) is 30.8 Å². The summed E-state index contributed by atoms with van der Waals surface area (Å²) >= 11 is 0. The van der Waals surface area contributed by atoms with Crippen LogP contribution in [0.5, 0.6) is 0 Å². The molecule has 0 aliphatic rings. The molecule has 0 aliphatic heterocycles. The Labute approximate surface area is 277 Å². The molecule has 7 amide bonds. The van der Waals surface area contributed by atoms with E-state index in [1.807, 2.05) is 7.05 Å². The number of hydrogen-bond acceptors (Lipinski definition) is 9. The predicted octanol–water partition coefficient (Wildman–Crippen LogP) is 0.0728. The Kier molecular flexibility index (Phi) is 17.2. The van der Waals surface area contributed by atoms with Crippen LogP contribution in [0.1, 0.15) is 53.0 Å². The first kappa shape index (κ1) is 40.6. The molecule has 16 heteroatoms. The van der Waals surface area contributed by atoms with E-state index in [0.717, 1.165) is 0 Å². The Morgan fingerprint density at radius 1 is 0.894 bits per heavy atom. The first-order valence-electron chi connectivity index (χ1n) is 15.5. The topological polar surface area (TPSA) is 230 Å². The third-order valence-corrected chi connectivity index (χ3v) is 7.31. The van der Waals surface area contributed by atoms with Gasteiger partial charge in [-0.25, -0.2) is 9.59 Å². The second kappa shape index (κ2) is 19.9. The fourth-order valence-electron chi connectivity index (χ4n) is 3.95. The van der Waals surface area contributed by atoms with Gasteiger partial charge in [-0.3, -0.25) is 24.1 Å². The predicted molar refractivity (Wildman–Crippen MR) is 178 cm³/mol. The Morgan fingerprint density at radius 2 is 1.53 bits per heavy atom. The standard InChI is InChI=1S/C31H53N9O7/c1-20(2)26(38-25(42)18-35-24(41)17-32)28(44)37-23(9-8-14-34-29(33)45)27(43)36-22-12-10-21(11-13-22)19-47-30(46)39(6)15-16-40(7)31(3,4)5/h10-13,20,23,26H,8-9,14-19,32H2,1-7H3,(H,35,41)(H,36,43)(H,37,44)(H,38,42)(H3,33,34,45)/t23-,26?/m0/s1. The largest absolute Gasteiger partial charge is 0.445 e. The third-order valence-electron chi connectivity index (χ3n) is 7.31. The van der Waals surface area contributed by atoms with E-state index in [2.05, 4.69) is 52.3 Å². The van der Waals surface area contributed by atoms with Gasteiger partial charge in [0.1, 0.15) is 18.7 Å².